The summed E-state index contributed by atoms with van der Waals surface area (Å²) in [6, 6.07) is 4.47. The van der Waals surface area contributed by atoms with Gasteiger partial charge in [0.2, 0.25) is 0 Å². The summed E-state index contributed by atoms with van der Waals surface area (Å²) in [7, 11) is 0. The Morgan fingerprint density at radius 3 is 2.71 bits per heavy atom. The van der Waals surface area contributed by atoms with Gasteiger partial charge in [-0.05, 0) is 47.3 Å². The summed E-state index contributed by atoms with van der Waals surface area (Å²) in [5.41, 5.74) is 0.356. The van der Waals surface area contributed by atoms with Crippen LogP contribution in [0, 0.1) is 9.39 Å². The van der Waals surface area contributed by atoms with E-state index in [1.165, 1.54) is 6.07 Å². The molecule has 1 aromatic carbocycles. The zero-order valence-electron chi connectivity index (χ0n) is 9.43. The van der Waals surface area contributed by atoms with Gasteiger partial charge in [-0.2, -0.15) is 0 Å². The molecular formula is C11H15ClFIN2O. The summed E-state index contributed by atoms with van der Waals surface area (Å²) in [5, 5.41) is 5.80. The van der Waals surface area contributed by atoms with E-state index >= 15 is 0 Å². The van der Waals surface area contributed by atoms with E-state index in [1.54, 1.807) is 12.1 Å². The van der Waals surface area contributed by atoms with Gasteiger partial charge in [0.1, 0.15) is 5.82 Å². The predicted molar refractivity (Wildman–Crippen MR) is 77.2 cm³/mol. The summed E-state index contributed by atoms with van der Waals surface area (Å²) in [6.07, 6.45) is 0. The third-order valence-corrected chi connectivity index (χ3v) is 2.89. The summed E-state index contributed by atoms with van der Waals surface area (Å²) < 4.78 is 13.7. The van der Waals surface area contributed by atoms with Crippen LogP contribution in [0.25, 0.3) is 0 Å². The van der Waals surface area contributed by atoms with Crippen LogP contribution in [0.3, 0.4) is 0 Å². The SMILES string of the molecule is CCNCCNC(=O)c1ccc(I)c(F)c1.Cl. The van der Waals surface area contributed by atoms with Crippen LogP contribution in [0.1, 0.15) is 17.3 Å². The lowest BCUT2D eigenvalue weighted by atomic mass is 10.2. The third kappa shape index (κ3) is 5.65. The van der Waals surface area contributed by atoms with Crippen molar-refractivity contribution in [3.63, 3.8) is 0 Å². The van der Waals surface area contributed by atoms with Gasteiger partial charge in [-0.3, -0.25) is 4.79 Å². The first-order valence-electron chi connectivity index (χ1n) is 5.09. The molecule has 0 aliphatic heterocycles. The molecule has 0 aromatic heterocycles. The van der Waals surface area contributed by atoms with Crippen LogP contribution < -0.4 is 10.6 Å². The summed E-state index contributed by atoms with van der Waals surface area (Å²) >= 11 is 1.89. The number of benzene rings is 1. The van der Waals surface area contributed by atoms with E-state index in [-0.39, 0.29) is 24.1 Å². The minimum atomic E-state index is -0.361. The molecule has 0 fully saturated rings. The lowest BCUT2D eigenvalue weighted by Crippen LogP contribution is -2.31. The molecular weight excluding hydrogens is 357 g/mol. The van der Waals surface area contributed by atoms with Crippen molar-refractivity contribution in [3.05, 3.63) is 33.1 Å². The van der Waals surface area contributed by atoms with Crippen molar-refractivity contribution in [1.29, 1.82) is 0 Å². The molecule has 3 nitrogen and oxygen atoms in total. The third-order valence-electron chi connectivity index (χ3n) is 2.02. The van der Waals surface area contributed by atoms with Crippen LogP contribution in [0.5, 0.6) is 0 Å². The van der Waals surface area contributed by atoms with Gasteiger partial charge in [0.25, 0.3) is 5.91 Å². The number of hydrogen-bond donors (Lipinski definition) is 2. The predicted octanol–water partition coefficient (Wildman–Crippen LogP) is 2.19. The minimum Gasteiger partial charge on any atom is -0.351 e. The van der Waals surface area contributed by atoms with Gasteiger partial charge >= 0.3 is 0 Å². The van der Waals surface area contributed by atoms with E-state index in [0.29, 0.717) is 15.7 Å². The molecule has 6 heteroatoms. The highest BCUT2D eigenvalue weighted by atomic mass is 127. The molecule has 0 spiro atoms. The topological polar surface area (TPSA) is 41.1 Å². The van der Waals surface area contributed by atoms with Gasteiger partial charge in [-0.1, -0.05) is 6.92 Å². The molecule has 2 N–H and O–H groups in total. The molecule has 0 saturated heterocycles. The van der Waals surface area contributed by atoms with Crippen LogP contribution in [-0.4, -0.2) is 25.5 Å². The molecule has 96 valence electrons. The van der Waals surface area contributed by atoms with Crippen molar-refractivity contribution in [3.8, 4) is 0 Å². The standard InChI is InChI=1S/C11H14FIN2O.ClH/c1-2-14-5-6-15-11(16)8-3-4-10(13)9(12)7-8;/h3-4,7,14H,2,5-6H2,1H3,(H,15,16);1H. The average molecular weight is 373 g/mol. The van der Waals surface area contributed by atoms with Crippen LogP contribution in [-0.2, 0) is 0 Å². The number of halogens is 3. The normalized spacial score (nSPS) is 9.59. The monoisotopic (exact) mass is 372 g/mol. The van der Waals surface area contributed by atoms with Crippen molar-refractivity contribution in [2.24, 2.45) is 0 Å². The highest BCUT2D eigenvalue weighted by molar-refractivity contribution is 14.1. The van der Waals surface area contributed by atoms with Crippen molar-refractivity contribution >= 4 is 40.9 Å². The van der Waals surface area contributed by atoms with Crippen molar-refractivity contribution in [2.75, 3.05) is 19.6 Å². The van der Waals surface area contributed by atoms with Gasteiger partial charge < -0.3 is 10.6 Å². The maximum absolute atomic E-state index is 13.2. The van der Waals surface area contributed by atoms with Crippen molar-refractivity contribution in [1.82, 2.24) is 10.6 Å². The second-order valence-corrected chi connectivity index (χ2v) is 4.40. The molecule has 0 radical (unpaired) electrons. The lowest BCUT2D eigenvalue weighted by molar-refractivity contribution is 0.0953. The Morgan fingerprint density at radius 2 is 2.12 bits per heavy atom. The van der Waals surface area contributed by atoms with Gasteiger partial charge in [-0.15, -0.1) is 12.4 Å². The Hall–Kier alpha value is -0.400. The average Bonchev–Trinajstić information content (AvgIpc) is 2.28. The minimum absolute atomic E-state index is 0. The summed E-state index contributed by atoms with van der Waals surface area (Å²) in [4.78, 5) is 11.6. The van der Waals surface area contributed by atoms with E-state index in [9.17, 15) is 9.18 Å². The number of hydrogen-bond acceptors (Lipinski definition) is 2. The largest absolute Gasteiger partial charge is 0.351 e. The summed E-state index contributed by atoms with van der Waals surface area (Å²) in [5.74, 6) is -0.604. The maximum Gasteiger partial charge on any atom is 0.251 e. The van der Waals surface area contributed by atoms with E-state index in [1.807, 2.05) is 29.5 Å². The van der Waals surface area contributed by atoms with E-state index in [4.69, 9.17) is 0 Å². The molecule has 1 aromatic rings. The van der Waals surface area contributed by atoms with E-state index < -0.39 is 0 Å². The number of amides is 1. The Labute approximate surface area is 120 Å². The number of carbonyl (C=O) groups is 1. The highest BCUT2D eigenvalue weighted by Crippen LogP contribution is 2.12. The Bertz CT molecular complexity index is 376. The van der Waals surface area contributed by atoms with Crippen LogP contribution in [0.4, 0.5) is 4.39 Å². The molecule has 0 atom stereocenters. The van der Waals surface area contributed by atoms with Crippen molar-refractivity contribution in [2.45, 2.75) is 6.92 Å². The zero-order valence-corrected chi connectivity index (χ0v) is 12.4. The second-order valence-electron chi connectivity index (χ2n) is 3.24. The van der Waals surface area contributed by atoms with Crippen LogP contribution in [0.15, 0.2) is 18.2 Å². The number of carbonyl (C=O) groups excluding carboxylic acids is 1. The first-order chi connectivity index (χ1) is 7.65. The fourth-order valence-corrected chi connectivity index (χ4v) is 1.52. The first-order valence-corrected chi connectivity index (χ1v) is 6.17. The smallest absolute Gasteiger partial charge is 0.251 e. The number of likely N-dealkylation sites (N-methyl/N-ethyl adjacent to an activating group) is 1. The zero-order chi connectivity index (χ0) is 12.0. The maximum atomic E-state index is 13.2. The van der Waals surface area contributed by atoms with Gasteiger partial charge in [0, 0.05) is 22.2 Å². The Balaban J connectivity index is 0.00000256. The lowest BCUT2D eigenvalue weighted by Gasteiger charge is -2.06. The first kappa shape index (κ1) is 16.6. The molecule has 0 aliphatic rings. The highest BCUT2D eigenvalue weighted by Gasteiger charge is 2.07. The molecule has 1 rings (SSSR count). The van der Waals surface area contributed by atoms with Crippen LogP contribution >= 0.6 is 35.0 Å². The Morgan fingerprint density at radius 1 is 1.41 bits per heavy atom. The Kier molecular flexibility index (Phi) is 8.45. The van der Waals surface area contributed by atoms with Crippen LogP contribution in [0.2, 0.25) is 0 Å². The van der Waals surface area contributed by atoms with Gasteiger partial charge in [0.05, 0.1) is 0 Å². The van der Waals surface area contributed by atoms with Gasteiger partial charge in [0.15, 0.2) is 0 Å². The second kappa shape index (κ2) is 8.66. The molecule has 0 heterocycles. The number of nitrogens with one attached hydrogen (secondary N) is 2. The van der Waals surface area contributed by atoms with Gasteiger partial charge in [-0.25, -0.2) is 4.39 Å². The molecule has 17 heavy (non-hydrogen) atoms. The summed E-state index contributed by atoms with van der Waals surface area (Å²) in [6.45, 7) is 4.12. The fourth-order valence-electron chi connectivity index (χ4n) is 1.18. The molecule has 1 amide bonds. The van der Waals surface area contributed by atoms with Crippen molar-refractivity contribution < 1.29 is 9.18 Å². The fraction of sp³-hybridized carbons (Fsp3) is 0.364. The molecule has 0 unspecified atom stereocenters. The van der Waals surface area contributed by atoms with E-state index in [0.717, 1.165) is 13.1 Å². The number of rotatable bonds is 5. The molecule has 0 saturated carbocycles. The molecule has 0 bridgehead atoms. The quantitative estimate of drug-likeness (QED) is 0.614. The van der Waals surface area contributed by atoms with E-state index in [2.05, 4.69) is 10.6 Å². The molecule has 0 aliphatic carbocycles.